The first kappa shape index (κ1) is 40.3. The van der Waals surface area contributed by atoms with Gasteiger partial charge in [-0.05, 0) is 187 Å². The molecule has 0 aliphatic heterocycles. The van der Waals surface area contributed by atoms with Crippen LogP contribution in [0.5, 0.6) is 0 Å². The Morgan fingerprint density at radius 3 is 0.886 bits per heavy atom. The van der Waals surface area contributed by atoms with Gasteiger partial charge in [-0.15, -0.1) is 0 Å². The molecule has 0 aromatic heterocycles. The lowest BCUT2D eigenvalue weighted by Gasteiger charge is -2.26. The molecule has 14 rings (SSSR count). The van der Waals surface area contributed by atoms with Crippen LogP contribution in [0.15, 0.2) is 249 Å². The zero-order chi connectivity index (χ0) is 46.5. The van der Waals surface area contributed by atoms with E-state index in [1.54, 1.807) is 0 Å². The maximum Gasteiger partial charge on any atom is 0.0462 e. The molecule has 13 aromatic carbocycles. The van der Waals surface area contributed by atoms with Crippen LogP contribution in [-0.4, -0.2) is 0 Å². The van der Waals surface area contributed by atoms with Gasteiger partial charge < -0.3 is 4.90 Å². The number of hydrogen-bond donors (Lipinski definition) is 0. The second-order valence-corrected chi connectivity index (χ2v) is 19.6. The van der Waals surface area contributed by atoms with Crippen LogP contribution in [0.3, 0.4) is 0 Å². The molecular weight excluding hydrogens is 843 g/mol. The second-order valence-electron chi connectivity index (χ2n) is 19.6. The summed E-state index contributed by atoms with van der Waals surface area (Å²) in [6.45, 7) is 4.84. The highest BCUT2D eigenvalue weighted by Gasteiger charge is 2.37. The third-order valence-corrected chi connectivity index (χ3v) is 15.4. The molecule has 0 heterocycles. The van der Waals surface area contributed by atoms with Gasteiger partial charge in [-0.2, -0.15) is 0 Å². The van der Waals surface area contributed by atoms with Crippen molar-refractivity contribution in [3.05, 3.63) is 260 Å². The molecule has 0 radical (unpaired) electrons. The van der Waals surface area contributed by atoms with Gasteiger partial charge in [0.1, 0.15) is 0 Å². The SMILES string of the molecule is CC1(C)c2cc3c4ccccc4c4ccccc4c3cc2-c2cc3c4ccccc4c4cc(-c5ccc(N(c6ccc(-c7ccccc7)cc6)c6ccc(-c7ccccc7)cc6)cc5)ccc4c3cc21. The van der Waals surface area contributed by atoms with E-state index in [9.17, 15) is 0 Å². The summed E-state index contributed by atoms with van der Waals surface area (Å²) in [5.74, 6) is 0. The Hall–Kier alpha value is -8.78. The molecular formula is C69H47N. The number of anilines is 3. The molecule has 0 saturated heterocycles. The van der Waals surface area contributed by atoms with E-state index in [2.05, 4.69) is 267 Å². The lowest BCUT2D eigenvalue weighted by atomic mass is 9.80. The molecule has 328 valence electrons. The summed E-state index contributed by atoms with van der Waals surface area (Å²) in [5.41, 5.74) is 15.8. The van der Waals surface area contributed by atoms with Crippen LogP contribution in [0.4, 0.5) is 17.1 Å². The number of fused-ring (bicyclic) bond motifs is 15. The van der Waals surface area contributed by atoms with Crippen molar-refractivity contribution in [2.45, 2.75) is 19.3 Å². The molecule has 0 bridgehead atoms. The van der Waals surface area contributed by atoms with Crippen molar-refractivity contribution < 1.29 is 0 Å². The minimum Gasteiger partial charge on any atom is -0.311 e. The summed E-state index contributed by atoms with van der Waals surface area (Å²) in [6, 6.07) is 92.2. The first-order valence-electron chi connectivity index (χ1n) is 24.5. The fraction of sp³-hybridized carbons (Fsp3) is 0.0435. The van der Waals surface area contributed by atoms with Crippen molar-refractivity contribution in [1.29, 1.82) is 0 Å². The van der Waals surface area contributed by atoms with Gasteiger partial charge in [-0.1, -0.05) is 196 Å². The predicted octanol–water partition coefficient (Wildman–Crippen LogP) is 19.4. The van der Waals surface area contributed by atoms with E-state index in [4.69, 9.17) is 0 Å². The zero-order valence-corrected chi connectivity index (χ0v) is 39.1. The van der Waals surface area contributed by atoms with Crippen LogP contribution in [0.1, 0.15) is 25.0 Å². The molecule has 0 spiro atoms. The molecule has 0 saturated carbocycles. The van der Waals surface area contributed by atoms with E-state index in [0.29, 0.717) is 0 Å². The molecule has 0 atom stereocenters. The molecule has 1 nitrogen and oxygen atoms in total. The Kier molecular flexibility index (Phi) is 9.00. The van der Waals surface area contributed by atoms with Gasteiger partial charge in [0.05, 0.1) is 0 Å². The van der Waals surface area contributed by atoms with E-state index in [1.165, 1.54) is 120 Å². The van der Waals surface area contributed by atoms with Gasteiger partial charge in [0.25, 0.3) is 0 Å². The maximum atomic E-state index is 2.53. The van der Waals surface area contributed by atoms with E-state index in [0.717, 1.165) is 17.1 Å². The first-order valence-corrected chi connectivity index (χ1v) is 24.5. The number of benzene rings is 13. The zero-order valence-electron chi connectivity index (χ0n) is 39.1. The standard InChI is InChI=1S/C69H47N/c1-69(2)67-42-63-56-22-12-10-20-54(56)53-19-9-11-21-55(53)61(63)40-65(67)66-41-62-58-24-14-13-23-57(58)60-39-49(31-38-59(60)64(62)43-68(66)69)48-29-36-52(37-30-48)70(50-32-25-46(26-33-50)44-15-5-3-6-16-44)51-34-27-47(28-35-51)45-17-7-4-8-18-45/h3-43H,1-2H3. The minimum atomic E-state index is -0.179. The lowest BCUT2D eigenvalue weighted by Crippen LogP contribution is -2.15. The van der Waals surface area contributed by atoms with E-state index < -0.39 is 0 Å². The average molecular weight is 890 g/mol. The first-order chi connectivity index (χ1) is 34.5. The van der Waals surface area contributed by atoms with E-state index in [1.807, 2.05) is 0 Å². The van der Waals surface area contributed by atoms with E-state index in [-0.39, 0.29) is 5.41 Å². The summed E-state index contributed by atoms with van der Waals surface area (Å²) in [5, 5.41) is 15.7. The summed E-state index contributed by atoms with van der Waals surface area (Å²) in [7, 11) is 0. The molecule has 1 aliphatic rings. The molecule has 0 unspecified atom stereocenters. The van der Waals surface area contributed by atoms with Crippen molar-refractivity contribution in [1.82, 2.24) is 0 Å². The topological polar surface area (TPSA) is 3.24 Å². The smallest absolute Gasteiger partial charge is 0.0462 e. The van der Waals surface area contributed by atoms with Gasteiger partial charge in [0.2, 0.25) is 0 Å². The van der Waals surface area contributed by atoms with E-state index >= 15 is 0 Å². The Morgan fingerprint density at radius 1 is 0.229 bits per heavy atom. The van der Waals surface area contributed by atoms with Crippen LogP contribution in [-0.2, 0) is 5.41 Å². The molecule has 1 aliphatic carbocycles. The molecule has 13 aromatic rings. The Labute approximate surface area is 408 Å². The molecule has 0 N–H and O–H groups in total. The number of nitrogens with zero attached hydrogens (tertiary/aromatic N) is 1. The monoisotopic (exact) mass is 889 g/mol. The van der Waals surface area contributed by atoms with Crippen molar-refractivity contribution >= 4 is 81.7 Å². The third-order valence-electron chi connectivity index (χ3n) is 15.4. The average Bonchev–Trinajstić information content (AvgIpc) is 3.64. The van der Waals surface area contributed by atoms with Gasteiger partial charge >= 0.3 is 0 Å². The Bertz CT molecular complexity index is 4120. The summed E-state index contributed by atoms with van der Waals surface area (Å²) in [4.78, 5) is 2.36. The third kappa shape index (κ3) is 6.25. The number of hydrogen-bond acceptors (Lipinski definition) is 1. The van der Waals surface area contributed by atoms with Crippen LogP contribution in [0, 0.1) is 0 Å². The summed E-state index contributed by atoms with van der Waals surface area (Å²) >= 11 is 0. The molecule has 0 fully saturated rings. The molecule has 1 heteroatoms. The fourth-order valence-electron chi connectivity index (χ4n) is 11.9. The summed E-state index contributed by atoms with van der Waals surface area (Å²) in [6.07, 6.45) is 0. The Morgan fingerprint density at radius 2 is 0.500 bits per heavy atom. The lowest BCUT2D eigenvalue weighted by molar-refractivity contribution is 0.662. The second kappa shape index (κ2) is 15.6. The summed E-state index contributed by atoms with van der Waals surface area (Å²) < 4.78 is 0. The van der Waals surface area contributed by atoms with Crippen molar-refractivity contribution in [2.75, 3.05) is 4.90 Å². The van der Waals surface area contributed by atoms with Crippen molar-refractivity contribution in [3.8, 4) is 44.5 Å². The normalized spacial score (nSPS) is 12.8. The van der Waals surface area contributed by atoms with Gasteiger partial charge in [0, 0.05) is 22.5 Å². The quantitative estimate of drug-likeness (QED) is 0.150. The highest BCUT2D eigenvalue weighted by atomic mass is 15.1. The molecule has 70 heavy (non-hydrogen) atoms. The number of rotatable bonds is 6. The van der Waals surface area contributed by atoms with Gasteiger partial charge in [-0.25, -0.2) is 0 Å². The van der Waals surface area contributed by atoms with Crippen LogP contribution >= 0.6 is 0 Å². The van der Waals surface area contributed by atoms with Gasteiger partial charge in [0.15, 0.2) is 0 Å². The highest BCUT2D eigenvalue weighted by Crippen LogP contribution is 2.54. The van der Waals surface area contributed by atoms with Crippen LogP contribution in [0.25, 0.3) is 109 Å². The van der Waals surface area contributed by atoms with Gasteiger partial charge in [-0.3, -0.25) is 0 Å². The maximum absolute atomic E-state index is 2.53. The largest absolute Gasteiger partial charge is 0.311 e. The Balaban J connectivity index is 0.876. The molecule has 0 amide bonds. The van der Waals surface area contributed by atoms with Crippen molar-refractivity contribution in [3.63, 3.8) is 0 Å². The predicted molar refractivity (Wildman–Crippen MR) is 300 cm³/mol. The minimum absolute atomic E-state index is 0.179. The van der Waals surface area contributed by atoms with Crippen LogP contribution < -0.4 is 4.90 Å². The van der Waals surface area contributed by atoms with Crippen LogP contribution in [0.2, 0.25) is 0 Å². The fourth-order valence-corrected chi connectivity index (χ4v) is 11.9. The van der Waals surface area contributed by atoms with Crippen molar-refractivity contribution in [2.24, 2.45) is 0 Å². The highest BCUT2D eigenvalue weighted by molar-refractivity contribution is 6.28.